The number of likely N-dealkylation sites (N-methyl/N-ethyl adjacent to an activating group) is 1. The third kappa shape index (κ3) is 4.50. The summed E-state index contributed by atoms with van der Waals surface area (Å²) in [4.78, 5) is 12.3. The van der Waals surface area contributed by atoms with Crippen LogP contribution in [0.15, 0.2) is 34.1 Å². The summed E-state index contributed by atoms with van der Waals surface area (Å²) >= 11 is 1.50. The standard InChI is InChI=1S/C13H19NO4S2/c1-13(14-2,12(15)16)8-9-19-10-4-6-11(7-5-10)20(3,17)18/h4-7,14H,8-9H2,1-3H3,(H,15,16). The van der Waals surface area contributed by atoms with Crippen LogP contribution in [0.4, 0.5) is 0 Å². The van der Waals surface area contributed by atoms with E-state index in [9.17, 15) is 13.2 Å². The van der Waals surface area contributed by atoms with Gasteiger partial charge in [-0.25, -0.2) is 8.42 Å². The molecule has 1 aromatic carbocycles. The average molecular weight is 317 g/mol. The molecular weight excluding hydrogens is 298 g/mol. The number of aliphatic carboxylic acids is 1. The fraction of sp³-hybridized carbons (Fsp3) is 0.462. The number of benzene rings is 1. The molecule has 0 fully saturated rings. The molecule has 112 valence electrons. The number of carbonyl (C=O) groups is 1. The monoisotopic (exact) mass is 317 g/mol. The fourth-order valence-electron chi connectivity index (χ4n) is 1.49. The number of sulfone groups is 1. The van der Waals surface area contributed by atoms with E-state index in [-0.39, 0.29) is 4.90 Å². The zero-order valence-electron chi connectivity index (χ0n) is 11.7. The minimum atomic E-state index is -3.18. The maximum atomic E-state index is 11.3. The van der Waals surface area contributed by atoms with Crippen LogP contribution in [0.3, 0.4) is 0 Å². The number of hydrogen-bond donors (Lipinski definition) is 2. The van der Waals surface area contributed by atoms with Crippen LogP contribution in [0.5, 0.6) is 0 Å². The summed E-state index contributed by atoms with van der Waals surface area (Å²) in [5.74, 6) is -0.255. The molecule has 0 radical (unpaired) electrons. The second-order valence-electron chi connectivity index (χ2n) is 4.73. The van der Waals surface area contributed by atoms with Gasteiger partial charge in [0.2, 0.25) is 0 Å². The molecule has 0 amide bonds. The van der Waals surface area contributed by atoms with Crippen molar-refractivity contribution in [1.29, 1.82) is 0 Å². The molecule has 0 spiro atoms. The van der Waals surface area contributed by atoms with Gasteiger partial charge in [0, 0.05) is 16.9 Å². The number of nitrogens with one attached hydrogen (secondary N) is 1. The van der Waals surface area contributed by atoms with E-state index in [4.69, 9.17) is 5.11 Å². The first kappa shape index (κ1) is 17.0. The van der Waals surface area contributed by atoms with Gasteiger partial charge in [-0.1, -0.05) is 0 Å². The minimum Gasteiger partial charge on any atom is -0.480 e. The topological polar surface area (TPSA) is 83.5 Å². The Bertz CT molecular complexity index is 569. The predicted octanol–water partition coefficient (Wildman–Crippen LogP) is 1.64. The third-order valence-corrected chi connectivity index (χ3v) is 5.29. The first-order valence-electron chi connectivity index (χ1n) is 6.04. The largest absolute Gasteiger partial charge is 0.480 e. The van der Waals surface area contributed by atoms with E-state index >= 15 is 0 Å². The molecule has 20 heavy (non-hydrogen) atoms. The number of thioether (sulfide) groups is 1. The molecule has 1 unspecified atom stereocenters. The quantitative estimate of drug-likeness (QED) is 0.744. The van der Waals surface area contributed by atoms with Crippen molar-refractivity contribution in [3.63, 3.8) is 0 Å². The molecule has 1 atom stereocenters. The molecule has 7 heteroatoms. The molecule has 0 aliphatic carbocycles. The van der Waals surface area contributed by atoms with Gasteiger partial charge in [-0.15, -0.1) is 11.8 Å². The maximum absolute atomic E-state index is 11.3. The molecule has 2 N–H and O–H groups in total. The van der Waals surface area contributed by atoms with E-state index in [1.54, 1.807) is 38.2 Å². The molecule has 0 bridgehead atoms. The Labute approximate surface area is 123 Å². The van der Waals surface area contributed by atoms with Gasteiger partial charge in [0.05, 0.1) is 4.90 Å². The van der Waals surface area contributed by atoms with E-state index < -0.39 is 21.3 Å². The Morgan fingerprint density at radius 2 is 1.90 bits per heavy atom. The lowest BCUT2D eigenvalue weighted by Gasteiger charge is -2.23. The summed E-state index contributed by atoms with van der Waals surface area (Å²) in [7, 11) is -1.55. The Kier molecular flexibility index (Phi) is 5.61. The second kappa shape index (κ2) is 6.60. The Balaban J connectivity index is 2.61. The van der Waals surface area contributed by atoms with Crippen molar-refractivity contribution in [1.82, 2.24) is 5.32 Å². The number of carboxylic acid groups (broad SMARTS) is 1. The van der Waals surface area contributed by atoms with E-state index in [1.165, 1.54) is 18.0 Å². The number of carboxylic acids is 1. The highest BCUT2D eigenvalue weighted by atomic mass is 32.2. The molecule has 0 heterocycles. The van der Waals surface area contributed by atoms with E-state index in [2.05, 4.69) is 5.32 Å². The molecule has 0 aliphatic rings. The van der Waals surface area contributed by atoms with Crippen molar-refractivity contribution in [2.45, 2.75) is 28.7 Å². The minimum absolute atomic E-state index is 0.285. The lowest BCUT2D eigenvalue weighted by Crippen LogP contribution is -2.47. The van der Waals surface area contributed by atoms with Crippen molar-refractivity contribution in [2.75, 3.05) is 19.1 Å². The van der Waals surface area contributed by atoms with Gasteiger partial charge < -0.3 is 10.4 Å². The zero-order chi connectivity index (χ0) is 15.4. The molecule has 1 aromatic rings. The Hall–Kier alpha value is -1.05. The summed E-state index contributed by atoms with van der Waals surface area (Å²) < 4.78 is 22.6. The summed E-state index contributed by atoms with van der Waals surface area (Å²) in [5.41, 5.74) is -0.945. The molecular formula is C13H19NO4S2. The average Bonchev–Trinajstić information content (AvgIpc) is 2.37. The Morgan fingerprint density at radius 1 is 1.35 bits per heavy atom. The van der Waals surface area contributed by atoms with Gasteiger partial charge in [-0.3, -0.25) is 4.79 Å². The summed E-state index contributed by atoms with van der Waals surface area (Å²) in [6, 6.07) is 6.59. The predicted molar refractivity (Wildman–Crippen MR) is 80.0 cm³/mol. The Morgan fingerprint density at radius 3 is 2.30 bits per heavy atom. The fourth-order valence-corrected chi connectivity index (χ4v) is 3.20. The van der Waals surface area contributed by atoms with Crippen LogP contribution in [0.25, 0.3) is 0 Å². The molecule has 0 aliphatic heterocycles. The van der Waals surface area contributed by atoms with Crippen LogP contribution >= 0.6 is 11.8 Å². The lowest BCUT2D eigenvalue weighted by atomic mass is 10.00. The first-order chi connectivity index (χ1) is 9.19. The van der Waals surface area contributed by atoms with E-state index in [0.717, 1.165) is 4.90 Å². The lowest BCUT2D eigenvalue weighted by molar-refractivity contribution is -0.144. The van der Waals surface area contributed by atoms with E-state index in [1.807, 2.05) is 0 Å². The van der Waals surface area contributed by atoms with Crippen molar-refractivity contribution in [2.24, 2.45) is 0 Å². The summed E-state index contributed by atoms with van der Waals surface area (Å²) in [5, 5.41) is 11.9. The normalized spacial score (nSPS) is 14.8. The summed E-state index contributed by atoms with van der Waals surface area (Å²) in [6.45, 7) is 1.64. The van der Waals surface area contributed by atoms with Crippen LogP contribution in [0, 0.1) is 0 Å². The molecule has 0 saturated heterocycles. The molecule has 1 rings (SSSR count). The van der Waals surface area contributed by atoms with Gasteiger partial charge in [0.15, 0.2) is 9.84 Å². The van der Waals surface area contributed by atoms with Crippen LogP contribution in [0.1, 0.15) is 13.3 Å². The molecule has 0 saturated carbocycles. The van der Waals surface area contributed by atoms with Gasteiger partial charge in [0.1, 0.15) is 5.54 Å². The van der Waals surface area contributed by atoms with Gasteiger partial charge in [-0.2, -0.15) is 0 Å². The summed E-state index contributed by atoms with van der Waals surface area (Å²) in [6.07, 6.45) is 1.64. The number of rotatable bonds is 7. The highest BCUT2D eigenvalue weighted by molar-refractivity contribution is 7.99. The highest BCUT2D eigenvalue weighted by Crippen LogP contribution is 2.23. The number of hydrogen-bond acceptors (Lipinski definition) is 5. The van der Waals surface area contributed by atoms with Gasteiger partial charge >= 0.3 is 5.97 Å². The van der Waals surface area contributed by atoms with Crippen LogP contribution < -0.4 is 5.32 Å². The zero-order valence-corrected chi connectivity index (χ0v) is 13.3. The van der Waals surface area contributed by atoms with Crippen LogP contribution in [0.2, 0.25) is 0 Å². The van der Waals surface area contributed by atoms with Crippen molar-refractivity contribution in [3.8, 4) is 0 Å². The maximum Gasteiger partial charge on any atom is 0.323 e. The SMILES string of the molecule is CNC(C)(CCSc1ccc(S(C)(=O)=O)cc1)C(=O)O. The van der Waals surface area contributed by atoms with Crippen molar-refractivity contribution in [3.05, 3.63) is 24.3 Å². The third-order valence-electron chi connectivity index (χ3n) is 3.15. The highest BCUT2D eigenvalue weighted by Gasteiger charge is 2.30. The van der Waals surface area contributed by atoms with E-state index in [0.29, 0.717) is 12.2 Å². The first-order valence-corrected chi connectivity index (χ1v) is 8.92. The van der Waals surface area contributed by atoms with Crippen molar-refractivity contribution >= 4 is 27.6 Å². The van der Waals surface area contributed by atoms with Crippen molar-refractivity contribution < 1.29 is 18.3 Å². The smallest absolute Gasteiger partial charge is 0.323 e. The second-order valence-corrected chi connectivity index (χ2v) is 7.91. The van der Waals surface area contributed by atoms with Crippen LogP contribution in [-0.2, 0) is 14.6 Å². The van der Waals surface area contributed by atoms with Gasteiger partial charge in [0.25, 0.3) is 0 Å². The van der Waals surface area contributed by atoms with Gasteiger partial charge in [-0.05, 0) is 44.7 Å². The molecule has 0 aromatic heterocycles. The molecule has 5 nitrogen and oxygen atoms in total. The van der Waals surface area contributed by atoms with Crippen LogP contribution in [-0.4, -0.2) is 44.1 Å².